The van der Waals surface area contributed by atoms with Gasteiger partial charge in [0.2, 0.25) is 5.91 Å². The molecule has 1 heterocycles. The molecule has 0 saturated carbocycles. The monoisotopic (exact) mass is 311 g/mol. The summed E-state index contributed by atoms with van der Waals surface area (Å²) in [5.41, 5.74) is 1.23. The fraction of sp³-hybridized carbons (Fsp3) is 0.562. The molecule has 2 unspecified atom stereocenters. The van der Waals surface area contributed by atoms with Crippen LogP contribution in [0.5, 0.6) is 0 Å². The standard InChI is InChI=1S/C16H25N3O.ClH/c1-13(11-17-2)16(20)19-10-9-18(3)12-15(19)14-7-5-4-6-8-14;/h4-8,13,15,17H,9-12H2,1-3H3;1H. The number of piperazine rings is 1. The van der Waals surface area contributed by atoms with Crippen molar-refractivity contribution in [2.24, 2.45) is 5.92 Å². The van der Waals surface area contributed by atoms with Crippen LogP contribution in [0.4, 0.5) is 0 Å². The third-order valence-corrected chi connectivity index (χ3v) is 3.98. The van der Waals surface area contributed by atoms with Crippen molar-refractivity contribution in [3.05, 3.63) is 35.9 Å². The largest absolute Gasteiger partial charge is 0.333 e. The van der Waals surface area contributed by atoms with Crippen LogP contribution >= 0.6 is 12.4 Å². The molecule has 0 aliphatic carbocycles. The van der Waals surface area contributed by atoms with Crippen LogP contribution in [0.1, 0.15) is 18.5 Å². The predicted molar refractivity (Wildman–Crippen MR) is 88.7 cm³/mol. The SMILES string of the molecule is CNCC(C)C(=O)N1CCN(C)CC1c1ccccc1.Cl. The average molecular weight is 312 g/mol. The number of amides is 1. The molecule has 1 aromatic carbocycles. The molecule has 0 bridgehead atoms. The van der Waals surface area contributed by atoms with E-state index in [0.717, 1.165) is 26.2 Å². The molecule has 1 N–H and O–H groups in total. The first-order valence-electron chi connectivity index (χ1n) is 7.32. The van der Waals surface area contributed by atoms with Crippen molar-refractivity contribution in [1.29, 1.82) is 0 Å². The molecule has 1 aliphatic heterocycles. The number of nitrogens with zero attached hydrogens (tertiary/aromatic N) is 2. The summed E-state index contributed by atoms with van der Waals surface area (Å²) in [5.74, 6) is 0.274. The zero-order valence-electron chi connectivity index (χ0n) is 13.1. The van der Waals surface area contributed by atoms with E-state index in [1.807, 2.05) is 32.2 Å². The first-order chi connectivity index (χ1) is 9.63. The van der Waals surface area contributed by atoms with E-state index < -0.39 is 0 Å². The Kier molecular flexibility index (Phi) is 7.15. The van der Waals surface area contributed by atoms with Crippen molar-refractivity contribution in [2.45, 2.75) is 13.0 Å². The lowest BCUT2D eigenvalue weighted by atomic mass is 10.00. The minimum atomic E-state index is 0. The van der Waals surface area contributed by atoms with E-state index >= 15 is 0 Å². The van der Waals surface area contributed by atoms with Gasteiger partial charge in [0.25, 0.3) is 0 Å². The van der Waals surface area contributed by atoms with Gasteiger partial charge in [-0.05, 0) is 19.7 Å². The highest BCUT2D eigenvalue weighted by Crippen LogP contribution is 2.26. The highest BCUT2D eigenvalue weighted by Gasteiger charge is 2.32. The molecular weight excluding hydrogens is 286 g/mol. The Morgan fingerprint density at radius 2 is 2.00 bits per heavy atom. The summed E-state index contributed by atoms with van der Waals surface area (Å²) in [4.78, 5) is 17.0. The summed E-state index contributed by atoms with van der Waals surface area (Å²) >= 11 is 0. The number of carbonyl (C=O) groups is 1. The van der Waals surface area contributed by atoms with Crippen LogP contribution in [0, 0.1) is 5.92 Å². The van der Waals surface area contributed by atoms with E-state index in [1.165, 1.54) is 5.56 Å². The van der Waals surface area contributed by atoms with Crippen LogP contribution in [-0.2, 0) is 4.79 Å². The summed E-state index contributed by atoms with van der Waals surface area (Å²) in [6.45, 7) is 5.39. The maximum Gasteiger partial charge on any atom is 0.227 e. The average Bonchev–Trinajstić information content (AvgIpc) is 2.47. The number of likely N-dealkylation sites (N-methyl/N-ethyl adjacent to an activating group) is 1. The molecule has 2 rings (SSSR count). The molecule has 2 atom stereocenters. The van der Waals surface area contributed by atoms with Crippen molar-refractivity contribution in [1.82, 2.24) is 15.1 Å². The Bertz CT molecular complexity index is 440. The van der Waals surface area contributed by atoms with E-state index in [2.05, 4.69) is 34.3 Å². The molecule has 1 saturated heterocycles. The summed E-state index contributed by atoms with van der Waals surface area (Å²) in [6.07, 6.45) is 0. The van der Waals surface area contributed by atoms with Gasteiger partial charge in [-0.1, -0.05) is 37.3 Å². The van der Waals surface area contributed by atoms with Crippen LogP contribution < -0.4 is 5.32 Å². The summed E-state index contributed by atoms with van der Waals surface area (Å²) < 4.78 is 0. The molecule has 1 amide bonds. The minimum Gasteiger partial charge on any atom is -0.333 e. The van der Waals surface area contributed by atoms with Crippen molar-refractivity contribution in [3.63, 3.8) is 0 Å². The second kappa shape index (κ2) is 8.37. The van der Waals surface area contributed by atoms with E-state index in [-0.39, 0.29) is 30.3 Å². The highest BCUT2D eigenvalue weighted by atomic mass is 35.5. The van der Waals surface area contributed by atoms with Gasteiger partial charge in [-0.3, -0.25) is 4.79 Å². The molecule has 5 heteroatoms. The second-order valence-corrected chi connectivity index (χ2v) is 5.68. The van der Waals surface area contributed by atoms with E-state index in [1.54, 1.807) is 0 Å². The van der Waals surface area contributed by atoms with Gasteiger partial charge in [0.15, 0.2) is 0 Å². The van der Waals surface area contributed by atoms with Gasteiger partial charge >= 0.3 is 0 Å². The highest BCUT2D eigenvalue weighted by molar-refractivity contribution is 5.85. The smallest absolute Gasteiger partial charge is 0.227 e. The zero-order valence-corrected chi connectivity index (χ0v) is 13.9. The van der Waals surface area contributed by atoms with Gasteiger partial charge in [-0.2, -0.15) is 0 Å². The Morgan fingerprint density at radius 3 is 2.62 bits per heavy atom. The summed E-state index contributed by atoms with van der Waals surface area (Å²) in [6, 6.07) is 10.5. The lowest BCUT2D eigenvalue weighted by Gasteiger charge is -2.41. The van der Waals surface area contributed by atoms with Crippen LogP contribution in [0.3, 0.4) is 0 Å². The molecule has 0 spiro atoms. The number of benzene rings is 1. The predicted octanol–water partition coefficient (Wildman–Crippen LogP) is 1.78. The molecule has 0 aromatic heterocycles. The van der Waals surface area contributed by atoms with Crippen LogP contribution in [0.2, 0.25) is 0 Å². The quantitative estimate of drug-likeness (QED) is 0.920. The summed E-state index contributed by atoms with van der Waals surface area (Å²) in [7, 11) is 4.01. The first-order valence-corrected chi connectivity index (χ1v) is 7.32. The first kappa shape index (κ1) is 18.0. The van der Waals surface area contributed by atoms with Gasteiger partial charge in [0.1, 0.15) is 0 Å². The minimum absolute atomic E-state index is 0. The normalized spacial score (nSPS) is 20.7. The van der Waals surface area contributed by atoms with Crippen molar-refractivity contribution in [2.75, 3.05) is 40.3 Å². The van der Waals surface area contributed by atoms with E-state index in [4.69, 9.17) is 0 Å². The van der Waals surface area contributed by atoms with Crippen molar-refractivity contribution >= 4 is 18.3 Å². The van der Waals surface area contributed by atoms with Gasteiger partial charge in [-0.15, -0.1) is 12.4 Å². The fourth-order valence-corrected chi connectivity index (χ4v) is 2.82. The fourth-order valence-electron chi connectivity index (χ4n) is 2.82. The third-order valence-electron chi connectivity index (χ3n) is 3.98. The van der Waals surface area contributed by atoms with Gasteiger partial charge < -0.3 is 15.1 Å². The molecule has 4 nitrogen and oxygen atoms in total. The molecule has 118 valence electrons. The molecule has 1 aromatic rings. The lowest BCUT2D eigenvalue weighted by Crippen LogP contribution is -2.51. The van der Waals surface area contributed by atoms with Gasteiger partial charge in [0, 0.05) is 32.1 Å². The maximum absolute atomic E-state index is 12.6. The van der Waals surface area contributed by atoms with Gasteiger partial charge in [0.05, 0.1) is 6.04 Å². The number of halogens is 1. The summed E-state index contributed by atoms with van der Waals surface area (Å²) in [5, 5.41) is 3.09. The van der Waals surface area contributed by atoms with Crippen molar-refractivity contribution < 1.29 is 4.79 Å². The molecule has 1 fully saturated rings. The van der Waals surface area contributed by atoms with E-state index in [0.29, 0.717) is 0 Å². The van der Waals surface area contributed by atoms with Crippen LogP contribution in [0.15, 0.2) is 30.3 Å². The Labute approximate surface area is 133 Å². The molecule has 21 heavy (non-hydrogen) atoms. The zero-order chi connectivity index (χ0) is 14.5. The lowest BCUT2D eigenvalue weighted by molar-refractivity contribution is -0.139. The van der Waals surface area contributed by atoms with Gasteiger partial charge in [-0.25, -0.2) is 0 Å². The Balaban J connectivity index is 0.00000220. The number of hydrogen-bond donors (Lipinski definition) is 1. The van der Waals surface area contributed by atoms with Crippen LogP contribution in [-0.4, -0.2) is 56.0 Å². The third kappa shape index (κ3) is 4.43. The molecule has 1 aliphatic rings. The molecular formula is C16H26ClN3O. The Hall–Kier alpha value is -1.10. The molecule has 0 radical (unpaired) electrons. The second-order valence-electron chi connectivity index (χ2n) is 5.68. The Morgan fingerprint density at radius 1 is 1.33 bits per heavy atom. The maximum atomic E-state index is 12.6. The number of carbonyl (C=O) groups excluding carboxylic acids is 1. The van der Waals surface area contributed by atoms with Crippen molar-refractivity contribution in [3.8, 4) is 0 Å². The topological polar surface area (TPSA) is 35.6 Å². The number of hydrogen-bond acceptors (Lipinski definition) is 3. The van der Waals surface area contributed by atoms with E-state index in [9.17, 15) is 4.79 Å². The number of nitrogens with one attached hydrogen (secondary N) is 1. The van der Waals surface area contributed by atoms with Crippen LogP contribution in [0.25, 0.3) is 0 Å². The number of rotatable bonds is 4.